The lowest BCUT2D eigenvalue weighted by atomic mass is 9.77. The van der Waals surface area contributed by atoms with Crippen LogP contribution in [0.3, 0.4) is 0 Å². The number of tetrazole rings is 1. The van der Waals surface area contributed by atoms with Crippen molar-refractivity contribution in [3.63, 3.8) is 0 Å². The molecule has 0 spiro atoms. The molecule has 0 aliphatic carbocycles. The summed E-state index contributed by atoms with van der Waals surface area (Å²) in [5.41, 5.74) is 12.4. The van der Waals surface area contributed by atoms with E-state index in [1.54, 1.807) is 0 Å². The summed E-state index contributed by atoms with van der Waals surface area (Å²) in [7, 11) is 0. The highest BCUT2D eigenvalue weighted by atomic mass is 16.4. The van der Waals surface area contributed by atoms with Crippen molar-refractivity contribution in [1.29, 1.82) is 0 Å². The maximum atomic E-state index is 13.2. The molecule has 10 heteroatoms. The van der Waals surface area contributed by atoms with Crippen molar-refractivity contribution in [2.45, 2.75) is 44.7 Å². The van der Waals surface area contributed by atoms with Crippen LogP contribution in [0.2, 0.25) is 0 Å². The van der Waals surface area contributed by atoms with Crippen LogP contribution in [0.25, 0.3) is 22.5 Å². The number of nitrogens with two attached hydrogens (primary N) is 1. The van der Waals surface area contributed by atoms with Gasteiger partial charge in [-0.25, -0.2) is 4.68 Å². The second-order valence-electron chi connectivity index (χ2n) is 12.9. The number of unbranched alkanes of at least 4 members (excludes halogenated alkanes) is 1. The number of aromatic nitrogens is 6. The molecule has 53 heavy (non-hydrogen) atoms. The van der Waals surface area contributed by atoms with Crippen molar-refractivity contribution >= 4 is 11.9 Å². The van der Waals surface area contributed by atoms with Crippen LogP contribution in [-0.2, 0) is 29.7 Å². The molecule has 0 amide bonds. The fourth-order valence-corrected chi connectivity index (χ4v) is 7.20. The van der Waals surface area contributed by atoms with Crippen molar-refractivity contribution < 1.29 is 9.90 Å². The normalized spacial score (nSPS) is 11.4. The van der Waals surface area contributed by atoms with E-state index in [2.05, 4.69) is 57.8 Å². The number of aliphatic carboxylic acids is 1. The molecule has 0 aliphatic rings. The van der Waals surface area contributed by atoms with Gasteiger partial charge in [-0.1, -0.05) is 153 Å². The van der Waals surface area contributed by atoms with Gasteiger partial charge in [0.25, 0.3) is 5.56 Å². The Morgan fingerprint density at radius 2 is 1.30 bits per heavy atom. The molecule has 0 unspecified atom stereocenters. The smallest absolute Gasteiger partial charge is 0.323 e. The molecule has 0 atom stereocenters. The highest BCUT2D eigenvalue weighted by Gasteiger charge is 2.42. The number of benzene rings is 5. The van der Waals surface area contributed by atoms with Crippen molar-refractivity contribution in [3.8, 4) is 22.5 Å². The Hall–Kier alpha value is -6.68. The van der Waals surface area contributed by atoms with Gasteiger partial charge in [0.1, 0.15) is 12.1 Å². The maximum Gasteiger partial charge on any atom is 0.323 e. The lowest BCUT2D eigenvalue weighted by Crippen LogP contribution is -2.39. The molecular formula is C43H39N7O3. The van der Waals surface area contributed by atoms with Gasteiger partial charge in [-0.2, -0.15) is 4.98 Å². The Bertz CT molecular complexity index is 2290. The van der Waals surface area contributed by atoms with Gasteiger partial charge in [-0.05, 0) is 56.6 Å². The number of anilines is 1. The van der Waals surface area contributed by atoms with Gasteiger partial charge in [0, 0.05) is 23.2 Å². The standard InChI is InChI=1S/C43H39N7O3/c1-2-3-23-38-37(41(53)45-42(44)49(38)29-39(51)52)28-30-24-26-31(27-25-30)35-21-13-14-22-36(35)40-46-47-48-50(40)43(32-15-7-4-8-16-32,33-17-9-5-10-18-33)34-19-11-6-12-20-34/h4-22,24-27H,2-3,23,28-29H2,1H3,(H,51,52)(H2,44,45,53). The summed E-state index contributed by atoms with van der Waals surface area (Å²) in [5.74, 6) is -0.542. The molecule has 3 N–H and O–H groups in total. The molecule has 0 saturated carbocycles. The van der Waals surface area contributed by atoms with E-state index in [-0.39, 0.29) is 12.5 Å². The summed E-state index contributed by atoms with van der Waals surface area (Å²) in [5, 5.41) is 23.3. The van der Waals surface area contributed by atoms with Crippen LogP contribution >= 0.6 is 0 Å². The first kappa shape index (κ1) is 34.8. The lowest BCUT2D eigenvalue weighted by molar-refractivity contribution is -0.137. The van der Waals surface area contributed by atoms with Crippen molar-refractivity contribution in [2.24, 2.45) is 0 Å². The third kappa shape index (κ3) is 6.74. The number of nitrogens with zero attached hydrogens (tertiary/aromatic N) is 6. The summed E-state index contributed by atoms with van der Waals surface area (Å²) in [6.07, 6.45) is 2.48. The zero-order valence-corrected chi connectivity index (χ0v) is 29.3. The van der Waals surface area contributed by atoms with Gasteiger partial charge in [-0.15, -0.1) is 5.10 Å². The largest absolute Gasteiger partial charge is 0.480 e. The number of carboxylic acids is 1. The van der Waals surface area contributed by atoms with E-state index in [1.165, 1.54) is 4.57 Å². The predicted molar refractivity (Wildman–Crippen MR) is 205 cm³/mol. The molecule has 0 radical (unpaired) electrons. The first-order chi connectivity index (χ1) is 25.9. The first-order valence-corrected chi connectivity index (χ1v) is 17.7. The second-order valence-corrected chi connectivity index (χ2v) is 12.9. The Morgan fingerprint density at radius 3 is 1.85 bits per heavy atom. The first-order valence-electron chi connectivity index (χ1n) is 17.7. The van der Waals surface area contributed by atoms with E-state index >= 15 is 0 Å². The average molecular weight is 702 g/mol. The topological polar surface area (TPSA) is 142 Å². The van der Waals surface area contributed by atoms with Gasteiger partial charge in [0.2, 0.25) is 5.95 Å². The van der Waals surface area contributed by atoms with Crippen LogP contribution in [0.5, 0.6) is 0 Å². The third-order valence-electron chi connectivity index (χ3n) is 9.66. The highest BCUT2D eigenvalue weighted by Crippen LogP contribution is 2.43. The number of rotatable bonds is 13. The van der Waals surface area contributed by atoms with Gasteiger partial charge in [-0.3, -0.25) is 9.59 Å². The third-order valence-corrected chi connectivity index (χ3v) is 9.66. The number of nitrogen functional groups attached to an aromatic ring is 1. The summed E-state index contributed by atoms with van der Waals surface area (Å²) in [4.78, 5) is 28.9. The van der Waals surface area contributed by atoms with Crippen LogP contribution < -0.4 is 11.3 Å². The number of carbonyl (C=O) groups is 1. The van der Waals surface area contributed by atoms with E-state index in [0.29, 0.717) is 29.9 Å². The highest BCUT2D eigenvalue weighted by molar-refractivity contribution is 5.81. The van der Waals surface area contributed by atoms with Crippen LogP contribution in [0.15, 0.2) is 144 Å². The van der Waals surface area contributed by atoms with E-state index in [9.17, 15) is 14.7 Å². The van der Waals surface area contributed by atoms with Crippen LogP contribution in [0.1, 0.15) is 53.3 Å². The minimum absolute atomic E-state index is 0.0858. The molecule has 0 aliphatic heterocycles. The molecule has 0 saturated heterocycles. The van der Waals surface area contributed by atoms with E-state index in [0.717, 1.165) is 51.8 Å². The Labute approximate surface area is 307 Å². The van der Waals surface area contributed by atoms with Crippen molar-refractivity contribution in [1.82, 2.24) is 29.8 Å². The van der Waals surface area contributed by atoms with E-state index in [1.807, 2.05) is 109 Å². The summed E-state index contributed by atoms with van der Waals surface area (Å²) in [6.45, 7) is 1.68. The molecule has 5 aromatic carbocycles. The fraction of sp³-hybridized carbons (Fsp3) is 0.163. The summed E-state index contributed by atoms with van der Waals surface area (Å²) < 4.78 is 3.37. The number of hydrogen-bond acceptors (Lipinski definition) is 7. The number of carboxylic acid groups (broad SMARTS) is 1. The SMILES string of the molecule is CCCCc1c(Cc2ccc(-c3ccccc3-c3nnnn3C(c3ccccc3)(c3ccccc3)c3ccccc3)cc2)c(=O)nc(N)n1CC(=O)O. The number of hydrogen-bond donors (Lipinski definition) is 2. The fourth-order valence-electron chi connectivity index (χ4n) is 7.20. The summed E-state index contributed by atoms with van der Waals surface area (Å²) >= 11 is 0. The molecule has 0 fully saturated rings. The van der Waals surface area contributed by atoms with Gasteiger partial charge in [0.15, 0.2) is 5.82 Å². The van der Waals surface area contributed by atoms with Crippen LogP contribution in [0, 0.1) is 0 Å². The minimum Gasteiger partial charge on any atom is -0.480 e. The maximum absolute atomic E-state index is 13.2. The minimum atomic E-state index is -1.05. The average Bonchev–Trinajstić information content (AvgIpc) is 3.68. The van der Waals surface area contributed by atoms with E-state index in [4.69, 9.17) is 10.9 Å². The molecule has 7 rings (SSSR count). The second kappa shape index (κ2) is 15.3. The van der Waals surface area contributed by atoms with Crippen molar-refractivity contribution in [3.05, 3.63) is 183 Å². The Balaban J connectivity index is 1.33. The molecule has 7 aromatic rings. The van der Waals surface area contributed by atoms with Gasteiger partial charge in [0.05, 0.1) is 0 Å². The zero-order valence-electron chi connectivity index (χ0n) is 29.3. The molecular weight excluding hydrogens is 663 g/mol. The van der Waals surface area contributed by atoms with E-state index < -0.39 is 17.1 Å². The zero-order chi connectivity index (χ0) is 36.8. The lowest BCUT2D eigenvalue weighted by Gasteiger charge is -2.36. The van der Waals surface area contributed by atoms with Crippen molar-refractivity contribution in [2.75, 3.05) is 5.73 Å². The Morgan fingerprint density at radius 1 is 0.755 bits per heavy atom. The Kier molecular flexibility index (Phi) is 10.0. The van der Waals surface area contributed by atoms with Gasteiger partial charge >= 0.3 is 5.97 Å². The summed E-state index contributed by atoms with van der Waals surface area (Å²) in [6, 6.07) is 46.9. The molecule has 264 valence electrons. The molecule has 2 heterocycles. The predicted octanol–water partition coefficient (Wildman–Crippen LogP) is 7.00. The quantitative estimate of drug-likeness (QED) is 0.122. The van der Waals surface area contributed by atoms with Crippen LogP contribution in [-0.4, -0.2) is 40.8 Å². The van der Waals surface area contributed by atoms with Gasteiger partial charge < -0.3 is 15.4 Å². The molecule has 0 bridgehead atoms. The van der Waals surface area contributed by atoms with Crippen LogP contribution in [0.4, 0.5) is 5.95 Å². The molecule has 2 aromatic heterocycles. The molecule has 10 nitrogen and oxygen atoms in total. The monoisotopic (exact) mass is 701 g/mol.